The lowest BCUT2D eigenvalue weighted by atomic mass is 10.1. The van der Waals surface area contributed by atoms with Crippen molar-refractivity contribution >= 4 is 55.2 Å². The molecule has 0 spiro atoms. The van der Waals surface area contributed by atoms with Crippen LogP contribution in [0, 0.1) is 0 Å². The summed E-state index contributed by atoms with van der Waals surface area (Å²) in [6, 6.07) is 34.9. The van der Waals surface area contributed by atoms with Crippen LogP contribution in [0.25, 0.3) is 21.5 Å². The number of fused-ring (bicyclic) bond motifs is 2. The van der Waals surface area contributed by atoms with Crippen molar-refractivity contribution in [2.75, 3.05) is 0 Å². The topological polar surface area (TPSA) is 99.3 Å². The molecule has 0 aromatic heterocycles. The van der Waals surface area contributed by atoms with E-state index < -0.39 is 9.84 Å². The zero-order chi connectivity index (χ0) is 28.4. The molecule has 6 aromatic rings. The molecule has 200 valence electrons. The molecule has 0 radical (unpaired) electrons. The molecule has 0 aliphatic rings. The Morgan fingerprint density at radius 3 is 1.24 bits per heavy atom. The van der Waals surface area contributed by atoms with Gasteiger partial charge < -0.3 is 10.2 Å². The van der Waals surface area contributed by atoms with E-state index >= 15 is 0 Å². The quantitative estimate of drug-likeness (QED) is 0.205. The molecule has 41 heavy (non-hydrogen) atoms. The van der Waals surface area contributed by atoms with E-state index in [9.17, 15) is 18.6 Å². The van der Waals surface area contributed by atoms with Crippen molar-refractivity contribution in [3.8, 4) is 11.5 Å². The van der Waals surface area contributed by atoms with Crippen molar-refractivity contribution in [2.45, 2.75) is 9.79 Å². The summed E-state index contributed by atoms with van der Waals surface area (Å²) >= 11 is 0. The Kier molecular flexibility index (Phi) is 6.79. The van der Waals surface area contributed by atoms with Gasteiger partial charge in [-0.2, -0.15) is 0 Å². The first-order chi connectivity index (χ1) is 19.8. The number of aliphatic imine (C=N–C) groups is 2. The van der Waals surface area contributed by atoms with Crippen LogP contribution in [0.3, 0.4) is 0 Å². The first-order valence-electron chi connectivity index (χ1n) is 12.8. The number of phenols is 2. The third-order valence-electron chi connectivity index (χ3n) is 6.72. The number of benzene rings is 6. The number of rotatable bonds is 6. The average Bonchev–Trinajstić information content (AvgIpc) is 2.99. The van der Waals surface area contributed by atoms with Crippen LogP contribution in [0.15, 0.2) is 141 Å². The van der Waals surface area contributed by atoms with Crippen molar-refractivity contribution < 1.29 is 18.6 Å². The zero-order valence-corrected chi connectivity index (χ0v) is 22.5. The van der Waals surface area contributed by atoms with Crippen molar-refractivity contribution in [3.05, 3.63) is 132 Å². The van der Waals surface area contributed by atoms with Crippen LogP contribution in [-0.4, -0.2) is 31.1 Å². The highest BCUT2D eigenvalue weighted by molar-refractivity contribution is 7.91. The highest BCUT2D eigenvalue weighted by Crippen LogP contribution is 2.26. The fourth-order valence-corrected chi connectivity index (χ4v) is 5.78. The number of nitrogens with zero attached hydrogens (tertiary/aromatic N) is 2. The second-order valence-electron chi connectivity index (χ2n) is 9.59. The fraction of sp³-hybridized carbons (Fsp3) is 0. The molecule has 0 unspecified atom stereocenters. The summed E-state index contributed by atoms with van der Waals surface area (Å²) in [4.78, 5) is 9.32. The lowest BCUT2D eigenvalue weighted by Crippen LogP contribution is -2.01. The maximum absolute atomic E-state index is 13.2. The average molecular weight is 557 g/mol. The Morgan fingerprint density at radius 1 is 0.463 bits per heavy atom. The van der Waals surface area contributed by atoms with E-state index in [1.807, 2.05) is 48.5 Å². The standard InChI is InChI=1S/C34H24N2O4S/c37-31-11-5-25-17-23(1-3-27(25)19-31)21-35-29-7-13-33(14-8-29)41(39,40)34-15-9-30(10-16-34)36-22-24-2-4-28-20-32(38)12-6-26(28)18-24/h1-22,37-38H. The molecule has 0 aliphatic heterocycles. The number of aromatic hydroxyl groups is 2. The van der Waals surface area contributed by atoms with E-state index in [-0.39, 0.29) is 21.3 Å². The van der Waals surface area contributed by atoms with Crippen LogP contribution in [-0.2, 0) is 9.84 Å². The van der Waals surface area contributed by atoms with Crippen LogP contribution < -0.4 is 0 Å². The SMILES string of the molecule is O=S(=O)(c1ccc(N=Cc2ccc3cc(O)ccc3c2)cc1)c1ccc(N=Cc2ccc3cc(O)ccc3c2)cc1. The molecule has 0 aliphatic carbocycles. The van der Waals surface area contributed by atoms with Crippen LogP contribution in [0.2, 0.25) is 0 Å². The summed E-state index contributed by atoms with van der Waals surface area (Å²) < 4.78 is 26.4. The lowest BCUT2D eigenvalue weighted by molar-refractivity contribution is 0.475. The van der Waals surface area contributed by atoms with Gasteiger partial charge in [-0.15, -0.1) is 0 Å². The molecule has 0 atom stereocenters. The number of hydrogen-bond donors (Lipinski definition) is 2. The molecular weight excluding hydrogens is 532 g/mol. The van der Waals surface area contributed by atoms with E-state index in [1.54, 1.807) is 85.2 Å². The second-order valence-corrected chi connectivity index (χ2v) is 11.5. The highest BCUT2D eigenvalue weighted by atomic mass is 32.2. The molecule has 0 saturated heterocycles. The zero-order valence-electron chi connectivity index (χ0n) is 21.7. The maximum Gasteiger partial charge on any atom is 0.206 e. The predicted molar refractivity (Wildman–Crippen MR) is 164 cm³/mol. The van der Waals surface area contributed by atoms with Gasteiger partial charge in [0.05, 0.1) is 21.2 Å². The molecule has 0 saturated carbocycles. The first kappa shape index (κ1) is 26.0. The Bertz CT molecular complexity index is 1920. The summed E-state index contributed by atoms with van der Waals surface area (Å²) in [5, 5.41) is 23.1. The number of hydrogen-bond acceptors (Lipinski definition) is 6. The molecule has 7 heteroatoms. The summed E-state index contributed by atoms with van der Waals surface area (Å²) in [5.41, 5.74) is 3.04. The van der Waals surface area contributed by atoms with Crippen molar-refractivity contribution in [1.29, 1.82) is 0 Å². The van der Waals surface area contributed by atoms with Crippen LogP contribution in [0.5, 0.6) is 11.5 Å². The fourth-order valence-electron chi connectivity index (χ4n) is 4.52. The predicted octanol–water partition coefficient (Wildman–Crippen LogP) is 7.74. The Morgan fingerprint density at radius 2 is 0.829 bits per heavy atom. The minimum atomic E-state index is -3.71. The smallest absolute Gasteiger partial charge is 0.206 e. The summed E-state index contributed by atoms with van der Waals surface area (Å²) in [7, 11) is -3.71. The molecular formula is C34H24N2O4S. The van der Waals surface area contributed by atoms with E-state index in [0.717, 1.165) is 32.7 Å². The van der Waals surface area contributed by atoms with Gasteiger partial charge in [-0.3, -0.25) is 9.98 Å². The molecule has 2 N–H and O–H groups in total. The van der Waals surface area contributed by atoms with Gasteiger partial charge in [0.1, 0.15) is 11.5 Å². The van der Waals surface area contributed by atoms with Gasteiger partial charge in [-0.05, 0) is 118 Å². The van der Waals surface area contributed by atoms with Crippen molar-refractivity contribution in [1.82, 2.24) is 0 Å². The van der Waals surface area contributed by atoms with E-state index in [1.165, 1.54) is 0 Å². The van der Waals surface area contributed by atoms with Gasteiger partial charge in [0.25, 0.3) is 0 Å². The van der Waals surface area contributed by atoms with Gasteiger partial charge in [0.2, 0.25) is 9.84 Å². The molecule has 0 heterocycles. The second kappa shape index (κ2) is 10.7. The molecule has 0 bridgehead atoms. The molecule has 6 aromatic carbocycles. The van der Waals surface area contributed by atoms with E-state index in [0.29, 0.717) is 11.4 Å². The van der Waals surface area contributed by atoms with Gasteiger partial charge in [0, 0.05) is 12.4 Å². The van der Waals surface area contributed by atoms with Crippen LogP contribution in [0.4, 0.5) is 11.4 Å². The Balaban J connectivity index is 1.15. The highest BCUT2D eigenvalue weighted by Gasteiger charge is 2.17. The van der Waals surface area contributed by atoms with Crippen molar-refractivity contribution in [2.24, 2.45) is 9.98 Å². The minimum absolute atomic E-state index is 0.181. The van der Waals surface area contributed by atoms with Gasteiger partial charge in [-0.1, -0.05) is 36.4 Å². The van der Waals surface area contributed by atoms with E-state index in [4.69, 9.17) is 0 Å². The summed E-state index contributed by atoms with van der Waals surface area (Å²) in [6.45, 7) is 0. The minimum Gasteiger partial charge on any atom is -0.508 e. The molecule has 0 fully saturated rings. The molecule has 0 amide bonds. The van der Waals surface area contributed by atoms with E-state index in [2.05, 4.69) is 9.98 Å². The van der Waals surface area contributed by atoms with Gasteiger partial charge >= 0.3 is 0 Å². The van der Waals surface area contributed by atoms with Crippen LogP contribution in [0.1, 0.15) is 11.1 Å². The Labute approximate surface area is 237 Å². The van der Waals surface area contributed by atoms with Gasteiger partial charge in [-0.25, -0.2) is 8.42 Å². The Hall–Kier alpha value is -5.27. The third-order valence-corrected chi connectivity index (χ3v) is 8.50. The maximum atomic E-state index is 13.2. The lowest BCUT2D eigenvalue weighted by Gasteiger charge is -2.06. The monoisotopic (exact) mass is 556 g/mol. The normalized spacial score (nSPS) is 12.1. The largest absolute Gasteiger partial charge is 0.508 e. The van der Waals surface area contributed by atoms with Gasteiger partial charge in [0.15, 0.2) is 0 Å². The number of phenolic OH excluding ortho intramolecular Hbond substituents is 2. The molecule has 6 nitrogen and oxygen atoms in total. The van der Waals surface area contributed by atoms with Crippen molar-refractivity contribution in [3.63, 3.8) is 0 Å². The third kappa shape index (κ3) is 5.71. The molecule has 6 rings (SSSR count). The summed E-state index contributed by atoms with van der Waals surface area (Å²) in [5.74, 6) is 0.443. The summed E-state index contributed by atoms with van der Waals surface area (Å²) in [6.07, 6.45) is 3.44. The number of sulfone groups is 1. The van der Waals surface area contributed by atoms with Crippen LogP contribution >= 0.6 is 0 Å². The first-order valence-corrected chi connectivity index (χ1v) is 14.3.